The molecule has 4 aromatic rings. The Hall–Kier alpha value is -3.75. The first-order valence-electron chi connectivity index (χ1n) is 8.43. The molecule has 28 heavy (non-hydrogen) atoms. The average molecular weight is 381 g/mol. The molecule has 4 rings (SSSR count). The van der Waals surface area contributed by atoms with Gasteiger partial charge in [-0.2, -0.15) is 5.10 Å². The Kier molecular flexibility index (Phi) is 4.07. The highest BCUT2D eigenvalue weighted by atomic mass is 19.1. The van der Waals surface area contributed by atoms with E-state index in [1.54, 1.807) is 43.2 Å². The molecule has 8 nitrogen and oxygen atoms in total. The molecule has 0 aliphatic carbocycles. The molecule has 9 heteroatoms. The largest absolute Gasteiger partial charge is 0.478 e. The van der Waals surface area contributed by atoms with Crippen molar-refractivity contribution < 1.29 is 14.3 Å². The number of carbonyl (C=O) groups is 1. The zero-order valence-electron chi connectivity index (χ0n) is 15.1. The topological polar surface area (TPSA) is 94.4 Å². The lowest BCUT2D eigenvalue weighted by Gasteiger charge is -2.10. The van der Waals surface area contributed by atoms with Crippen molar-refractivity contribution in [3.05, 3.63) is 76.1 Å². The van der Waals surface area contributed by atoms with Crippen molar-refractivity contribution in [3.63, 3.8) is 0 Å². The van der Waals surface area contributed by atoms with Crippen LogP contribution in [0.15, 0.2) is 47.8 Å². The predicted molar refractivity (Wildman–Crippen MR) is 98.9 cm³/mol. The first kappa shape index (κ1) is 17.7. The summed E-state index contributed by atoms with van der Waals surface area (Å²) in [4.78, 5) is 28.3. The maximum absolute atomic E-state index is 14.7. The van der Waals surface area contributed by atoms with Crippen LogP contribution in [0.2, 0.25) is 0 Å². The molecule has 0 radical (unpaired) electrons. The van der Waals surface area contributed by atoms with Crippen LogP contribution < -0.4 is 5.69 Å². The van der Waals surface area contributed by atoms with Crippen LogP contribution in [-0.2, 0) is 13.6 Å². The number of aromatic carboxylic acids is 1. The summed E-state index contributed by atoms with van der Waals surface area (Å²) in [5.41, 5.74) is 1.67. The predicted octanol–water partition coefficient (Wildman–Crippen LogP) is 2.09. The van der Waals surface area contributed by atoms with Gasteiger partial charge in [0.25, 0.3) is 0 Å². The van der Waals surface area contributed by atoms with Crippen molar-refractivity contribution in [2.24, 2.45) is 7.05 Å². The number of carboxylic acids is 1. The zero-order valence-corrected chi connectivity index (χ0v) is 15.1. The molecule has 0 aliphatic heterocycles. The normalized spacial score (nSPS) is 11.2. The number of fused-ring (bicyclic) bond motifs is 1. The highest BCUT2D eigenvalue weighted by Crippen LogP contribution is 2.22. The quantitative estimate of drug-likeness (QED) is 0.584. The van der Waals surface area contributed by atoms with Gasteiger partial charge in [-0.1, -0.05) is 12.1 Å². The monoisotopic (exact) mass is 381 g/mol. The summed E-state index contributed by atoms with van der Waals surface area (Å²) in [6.07, 6.45) is 6.06. The minimum Gasteiger partial charge on any atom is -0.478 e. The lowest BCUT2D eigenvalue weighted by atomic mass is 10.1. The summed E-state index contributed by atoms with van der Waals surface area (Å²) < 4.78 is 18.6. The summed E-state index contributed by atoms with van der Waals surface area (Å²) in [6.45, 7) is 1.56. The Bertz CT molecular complexity index is 1280. The zero-order chi connectivity index (χ0) is 20.0. The van der Waals surface area contributed by atoms with E-state index in [4.69, 9.17) is 0 Å². The third-order valence-corrected chi connectivity index (χ3v) is 4.47. The molecule has 0 spiro atoms. The van der Waals surface area contributed by atoms with Crippen LogP contribution in [0, 0.1) is 12.7 Å². The Balaban J connectivity index is 1.77. The second-order valence-electron chi connectivity index (χ2n) is 6.54. The SMILES string of the molecule is Cc1cn2c(=O)n(Cc3ccc(-c4cnn(C)c4)cc3F)cc(C(=O)O)c2n1. The average Bonchev–Trinajstić information content (AvgIpc) is 3.24. The van der Waals surface area contributed by atoms with E-state index < -0.39 is 17.5 Å². The first-order chi connectivity index (χ1) is 13.3. The van der Waals surface area contributed by atoms with Crippen molar-refractivity contribution in [1.29, 1.82) is 0 Å². The number of rotatable bonds is 4. The Morgan fingerprint density at radius 1 is 1.21 bits per heavy atom. The number of imidazole rings is 1. The van der Waals surface area contributed by atoms with Gasteiger partial charge in [0.2, 0.25) is 0 Å². The van der Waals surface area contributed by atoms with Gasteiger partial charge in [0.15, 0.2) is 5.65 Å². The number of carboxylic acid groups (broad SMARTS) is 1. The van der Waals surface area contributed by atoms with E-state index in [9.17, 15) is 19.1 Å². The van der Waals surface area contributed by atoms with E-state index in [-0.39, 0.29) is 23.3 Å². The van der Waals surface area contributed by atoms with Gasteiger partial charge in [0.05, 0.1) is 18.4 Å². The van der Waals surface area contributed by atoms with E-state index in [2.05, 4.69) is 10.1 Å². The van der Waals surface area contributed by atoms with Crippen LogP contribution >= 0.6 is 0 Å². The minimum atomic E-state index is -1.21. The second-order valence-corrected chi connectivity index (χ2v) is 6.54. The van der Waals surface area contributed by atoms with Crippen LogP contribution in [0.5, 0.6) is 0 Å². The van der Waals surface area contributed by atoms with Gasteiger partial charge in [-0.15, -0.1) is 0 Å². The molecule has 142 valence electrons. The molecule has 1 N–H and O–H groups in total. The van der Waals surface area contributed by atoms with Crippen LogP contribution in [0.3, 0.4) is 0 Å². The van der Waals surface area contributed by atoms with Crippen LogP contribution in [0.25, 0.3) is 16.8 Å². The fourth-order valence-electron chi connectivity index (χ4n) is 3.11. The lowest BCUT2D eigenvalue weighted by Crippen LogP contribution is -2.28. The first-order valence-corrected chi connectivity index (χ1v) is 8.43. The van der Waals surface area contributed by atoms with Crippen molar-refractivity contribution in [3.8, 4) is 11.1 Å². The molecule has 1 aromatic carbocycles. The van der Waals surface area contributed by atoms with Gasteiger partial charge >= 0.3 is 11.7 Å². The van der Waals surface area contributed by atoms with Gasteiger partial charge in [-0.05, 0) is 18.6 Å². The Labute approximate surface area is 158 Å². The molecule has 0 fully saturated rings. The third-order valence-electron chi connectivity index (χ3n) is 4.47. The number of nitrogens with zero attached hydrogens (tertiary/aromatic N) is 5. The molecular formula is C19H16FN5O3. The van der Waals surface area contributed by atoms with Crippen molar-refractivity contribution in [1.82, 2.24) is 23.7 Å². The summed E-state index contributed by atoms with van der Waals surface area (Å²) in [5, 5.41) is 13.5. The van der Waals surface area contributed by atoms with Crippen molar-refractivity contribution >= 4 is 11.6 Å². The lowest BCUT2D eigenvalue weighted by molar-refractivity contribution is 0.0697. The molecule has 0 amide bonds. The number of aromatic nitrogens is 5. The summed E-state index contributed by atoms with van der Waals surface area (Å²) in [7, 11) is 1.77. The van der Waals surface area contributed by atoms with E-state index in [0.29, 0.717) is 11.3 Å². The van der Waals surface area contributed by atoms with Gasteiger partial charge in [0.1, 0.15) is 11.4 Å². The summed E-state index contributed by atoms with van der Waals surface area (Å²) in [6, 6.07) is 4.68. The minimum absolute atomic E-state index is 0.0682. The van der Waals surface area contributed by atoms with Crippen LogP contribution in [0.1, 0.15) is 21.6 Å². The molecular weight excluding hydrogens is 365 g/mol. The van der Waals surface area contributed by atoms with Gasteiger partial charge < -0.3 is 5.11 Å². The maximum atomic E-state index is 14.7. The van der Waals surface area contributed by atoms with E-state index in [1.165, 1.54) is 27.4 Å². The van der Waals surface area contributed by atoms with E-state index >= 15 is 0 Å². The molecule has 0 aliphatic rings. The number of halogens is 1. The van der Waals surface area contributed by atoms with Gasteiger partial charge in [0, 0.05) is 36.8 Å². The molecule has 0 saturated carbocycles. The Morgan fingerprint density at radius 2 is 2.00 bits per heavy atom. The smallest absolute Gasteiger partial charge is 0.341 e. The number of benzene rings is 1. The number of hydrogen-bond donors (Lipinski definition) is 1. The fourth-order valence-corrected chi connectivity index (χ4v) is 3.11. The second kappa shape index (κ2) is 6.45. The standard InChI is InChI=1S/C19H16FN5O3/c1-11-7-25-17(22-11)15(18(26)27)10-24(19(25)28)9-13-4-3-12(5-16(13)20)14-6-21-23(2)8-14/h3-8,10H,9H2,1-2H3,(H,26,27). The van der Waals surface area contributed by atoms with Crippen molar-refractivity contribution in [2.75, 3.05) is 0 Å². The van der Waals surface area contributed by atoms with Gasteiger partial charge in [-0.25, -0.2) is 19.0 Å². The molecule has 0 unspecified atom stereocenters. The Morgan fingerprint density at radius 3 is 2.64 bits per heavy atom. The molecule has 0 bridgehead atoms. The molecule has 0 saturated heterocycles. The highest BCUT2D eigenvalue weighted by Gasteiger charge is 2.17. The molecule has 0 atom stereocenters. The number of aryl methyl sites for hydroxylation is 2. The van der Waals surface area contributed by atoms with E-state index in [0.717, 1.165) is 5.56 Å². The summed E-state index contributed by atoms with van der Waals surface area (Å²) in [5.74, 6) is -1.70. The number of hydrogen-bond acceptors (Lipinski definition) is 4. The molecule has 3 heterocycles. The van der Waals surface area contributed by atoms with E-state index in [1.807, 2.05) is 0 Å². The highest BCUT2D eigenvalue weighted by molar-refractivity contribution is 5.94. The molecule has 3 aromatic heterocycles. The maximum Gasteiger partial charge on any atom is 0.341 e. The summed E-state index contributed by atoms with van der Waals surface area (Å²) >= 11 is 0. The van der Waals surface area contributed by atoms with Crippen LogP contribution in [0.4, 0.5) is 4.39 Å². The fraction of sp³-hybridized carbons (Fsp3) is 0.158. The van der Waals surface area contributed by atoms with Crippen LogP contribution in [-0.4, -0.2) is 34.8 Å². The van der Waals surface area contributed by atoms with Crippen molar-refractivity contribution in [2.45, 2.75) is 13.5 Å². The van der Waals surface area contributed by atoms with Gasteiger partial charge in [-0.3, -0.25) is 13.6 Å². The third kappa shape index (κ3) is 2.96.